The Bertz CT molecular complexity index is 487. The van der Waals surface area contributed by atoms with Crippen LogP contribution in [0.3, 0.4) is 0 Å². The van der Waals surface area contributed by atoms with Crippen LogP contribution >= 0.6 is 0 Å². The number of piperidine rings is 1. The molecule has 0 atom stereocenters. The zero-order valence-electron chi connectivity index (χ0n) is 9.64. The standard InChI is InChI=1S/C12H12FN3O2/c13-12(3-5-16(6-4-12)11(17)18)10-2-1-9(7-14)8-15-10/h1-2,8H,3-6H2,(H,17,18). The second-order valence-corrected chi connectivity index (χ2v) is 4.28. The summed E-state index contributed by atoms with van der Waals surface area (Å²) in [5.41, 5.74) is -0.947. The van der Waals surface area contributed by atoms with E-state index in [-0.39, 0.29) is 31.6 Å². The molecule has 1 aromatic heterocycles. The maximum absolute atomic E-state index is 14.6. The van der Waals surface area contributed by atoms with Gasteiger partial charge in [0, 0.05) is 32.1 Å². The molecule has 94 valence electrons. The van der Waals surface area contributed by atoms with E-state index < -0.39 is 11.8 Å². The van der Waals surface area contributed by atoms with Gasteiger partial charge in [-0.05, 0) is 12.1 Å². The highest BCUT2D eigenvalue weighted by molar-refractivity contribution is 5.65. The first-order chi connectivity index (χ1) is 8.55. The molecule has 0 aliphatic carbocycles. The lowest BCUT2D eigenvalue weighted by molar-refractivity contribution is 0.0521. The molecule has 1 aromatic rings. The van der Waals surface area contributed by atoms with E-state index in [9.17, 15) is 9.18 Å². The van der Waals surface area contributed by atoms with Gasteiger partial charge in [-0.2, -0.15) is 5.26 Å². The largest absolute Gasteiger partial charge is 0.465 e. The van der Waals surface area contributed by atoms with E-state index >= 15 is 0 Å². The number of amides is 1. The SMILES string of the molecule is N#Cc1ccc(C2(F)CCN(C(=O)O)CC2)nc1. The number of halogens is 1. The van der Waals surface area contributed by atoms with Crippen molar-refractivity contribution in [1.29, 1.82) is 5.26 Å². The summed E-state index contributed by atoms with van der Waals surface area (Å²) >= 11 is 0. The molecule has 2 heterocycles. The molecule has 0 unspecified atom stereocenters. The van der Waals surface area contributed by atoms with Crippen molar-refractivity contribution in [2.24, 2.45) is 0 Å². The second kappa shape index (κ2) is 4.61. The molecular weight excluding hydrogens is 237 g/mol. The van der Waals surface area contributed by atoms with Crippen molar-refractivity contribution >= 4 is 6.09 Å². The molecule has 1 aliphatic heterocycles. The Balaban J connectivity index is 2.13. The van der Waals surface area contributed by atoms with Crippen LogP contribution in [0, 0.1) is 11.3 Å². The van der Waals surface area contributed by atoms with E-state index in [1.807, 2.05) is 6.07 Å². The zero-order valence-corrected chi connectivity index (χ0v) is 9.64. The predicted octanol–water partition coefficient (Wildman–Crippen LogP) is 1.89. The minimum absolute atomic E-state index is 0.0954. The number of likely N-dealkylation sites (tertiary alicyclic amines) is 1. The number of nitriles is 1. The van der Waals surface area contributed by atoms with Crippen molar-refractivity contribution in [1.82, 2.24) is 9.88 Å². The number of rotatable bonds is 1. The maximum atomic E-state index is 14.6. The average molecular weight is 249 g/mol. The predicted molar refractivity (Wildman–Crippen MR) is 60.6 cm³/mol. The quantitative estimate of drug-likeness (QED) is 0.824. The number of hydrogen-bond donors (Lipinski definition) is 1. The molecule has 2 rings (SSSR count). The molecule has 5 nitrogen and oxygen atoms in total. The van der Waals surface area contributed by atoms with E-state index in [1.165, 1.54) is 23.2 Å². The van der Waals surface area contributed by atoms with Crippen LogP contribution in [0.2, 0.25) is 0 Å². The van der Waals surface area contributed by atoms with Crippen LogP contribution in [0.15, 0.2) is 18.3 Å². The summed E-state index contributed by atoms with van der Waals surface area (Å²) in [4.78, 5) is 15.9. The first-order valence-corrected chi connectivity index (χ1v) is 5.58. The minimum atomic E-state index is -1.60. The van der Waals surface area contributed by atoms with Crippen LogP contribution in [-0.4, -0.2) is 34.2 Å². The molecule has 1 amide bonds. The number of carboxylic acid groups (broad SMARTS) is 1. The molecule has 0 saturated carbocycles. The van der Waals surface area contributed by atoms with Crippen molar-refractivity contribution in [3.63, 3.8) is 0 Å². The van der Waals surface area contributed by atoms with Crippen LogP contribution < -0.4 is 0 Å². The molecule has 0 radical (unpaired) electrons. The first kappa shape index (κ1) is 12.3. The number of nitrogens with zero attached hydrogens (tertiary/aromatic N) is 3. The highest BCUT2D eigenvalue weighted by atomic mass is 19.1. The number of aromatic nitrogens is 1. The minimum Gasteiger partial charge on any atom is -0.465 e. The van der Waals surface area contributed by atoms with E-state index in [2.05, 4.69) is 4.98 Å². The smallest absolute Gasteiger partial charge is 0.407 e. The molecule has 1 aliphatic rings. The molecular formula is C12H12FN3O2. The molecule has 1 fully saturated rings. The third-order valence-corrected chi connectivity index (χ3v) is 3.18. The average Bonchev–Trinajstić information content (AvgIpc) is 2.39. The maximum Gasteiger partial charge on any atom is 0.407 e. The van der Waals surface area contributed by atoms with Gasteiger partial charge in [0.2, 0.25) is 0 Å². The van der Waals surface area contributed by atoms with Crippen molar-refractivity contribution in [3.05, 3.63) is 29.6 Å². The Hall–Kier alpha value is -2.16. The van der Waals surface area contributed by atoms with Crippen LogP contribution in [0.25, 0.3) is 0 Å². The lowest BCUT2D eigenvalue weighted by Gasteiger charge is -2.34. The van der Waals surface area contributed by atoms with Crippen molar-refractivity contribution in [2.75, 3.05) is 13.1 Å². The third kappa shape index (κ3) is 2.25. The number of pyridine rings is 1. The first-order valence-electron chi connectivity index (χ1n) is 5.58. The molecule has 1 N–H and O–H groups in total. The molecule has 6 heteroatoms. The van der Waals surface area contributed by atoms with Gasteiger partial charge in [-0.15, -0.1) is 0 Å². The number of hydrogen-bond acceptors (Lipinski definition) is 3. The Kier molecular flexibility index (Phi) is 3.15. The lowest BCUT2D eigenvalue weighted by atomic mass is 9.89. The molecule has 0 aromatic carbocycles. The van der Waals surface area contributed by atoms with Gasteiger partial charge in [0.05, 0.1) is 11.3 Å². The fourth-order valence-corrected chi connectivity index (χ4v) is 2.03. The second-order valence-electron chi connectivity index (χ2n) is 4.28. The van der Waals surface area contributed by atoms with Crippen molar-refractivity contribution < 1.29 is 14.3 Å². The van der Waals surface area contributed by atoms with E-state index in [1.54, 1.807) is 0 Å². The zero-order chi connectivity index (χ0) is 13.2. The molecule has 1 saturated heterocycles. The lowest BCUT2D eigenvalue weighted by Crippen LogP contribution is -2.43. The van der Waals surface area contributed by atoms with Gasteiger partial charge in [0.1, 0.15) is 6.07 Å². The fraction of sp³-hybridized carbons (Fsp3) is 0.417. The Morgan fingerprint density at radius 1 is 1.50 bits per heavy atom. The van der Waals surface area contributed by atoms with Crippen molar-refractivity contribution in [3.8, 4) is 6.07 Å². The Morgan fingerprint density at radius 2 is 2.17 bits per heavy atom. The van der Waals surface area contributed by atoms with Gasteiger partial charge in [0.25, 0.3) is 0 Å². The van der Waals surface area contributed by atoms with Crippen LogP contribution in [0.5, 0.6) is 0 Å². The molecule has 0 bridgehead atoms. The summed E-state index contributed by atoms with van der Waals surface area (Å²) in [5, 5.41) is 17.4. The third-order valence-electron chi connectivity index (χ3n) is 3.18. The Labute approximate surface area is 103 Å². The van der Waals surface area contributed by atoms with Gasteiger partial charge in [-0.25, -0.2) is 9.18 Å². The topological polar surface area (TPSA) is 77.2 Å². The summed E-state index contributed by atoms with van der Waals surface area (Å²) < 4.78 is 14.6. The number of alkyl halides is 1. The van der Waals surface area contributed by atoms with Crippen LogP contribution in [-0.2, 0) is 5.67 Å². The summed E-state index contributed by atoms with van der Waals surface area (Å²) in [6.07, 6.45) is 0.501. The highest BCUT2D eigenvalue weighted by Crippen LogP contribution is 2.35. The summed E-state index contributed by atoms with van der Waals surface area (Å²) in [6, 6.07) is 4.94. The summed E-state index contributed by atoms with van der Waals surface area (Å²) in [7, 11) is 0. The van der Waals surface area contributed by atoms with Gasteiger partial charge in [-0.3, -0.25) is 4.98 Å². The highest BCUT2D eigenvalue weighted by Gasteiger charge is 2.38. The van der Waals surface area contributed by atoms with Crippen LogP contribution in [0.4, 0.5) is 9.18 Å². The Morgan fingerprint density at radius 3 is 2.61 bits per heavy atom. The molecule has 0 spiro atoms. The van der Waals surface area contributed by atoms with Gasteiger partial charge < -0.3 is 10.0 Å². The normalized spacial score (nSPS) is 18.1. The van der Waals surface area contributed by atoms with Crippen molar-refractivity contribution in [2.45, 2.75) is 18.5 Å². The van der Waals surface area contributed by atoms with Gasteiger partial charge in [0.15, 0.2) is 5.67 Å². The van der Waals surface area contributed by atoms with E-state index in [4.69, 9.17) is 10.4 Å². The fourth-order valence-electron chi connectivity index (χ4n) is 2.03. The van der Waals surface area contributed by atoms with Gasteiger partial charge >= 0.3 is 6.09 Å². The van der Waals surface area contributed by atoms with Gasteiger partial charge in [-0.1, -0.05) is 0 Å². The van der Waals surface area contributed by atoms with Crippen LogP contribution in [0.1, 0.15) is 24.1 Å². The van der Waals surface area contributed by atoms with E-state index in [0.29, 0.717) is 5.56 Å². The summed E-state index contributed by atoms with van der Waals surface area (Å²) in [6.45, 7) is 0.320. The van der Waals surface area contributed by atoms with E-state index in [0.717, 1.165) is 0 Å². The summed E-state index contributed by atoms with van der Waals surface area (Å²) in [5.74, 6) is 0. The monoisotopic (exact) mass is 249 g/mol. The number of carbonyl (C=O) groups is 1. The molecule has 18 heavy (non-hydrogen) atoms.